The van der Waals surface area contributed by atoms with Gasteiger partial charge in [0.05, 0.1) is 29.8 Å². The zero-order chi connectivity index (χ0) is 22.0. The predicted molar refractivity (Wildman–Crippen MR) is 127 cm³/mol. The molecule has 2 aromatic carbocycles. The molecule has 0 aliphatic rings. The first-order valence-corrected chi connectivity index (χ1v) is 11.7. The van der Waals surface area contributed by atoms with E-state index in [2.05, 4.69) is 13.0 Å². The molecule has 0 aliphatic carbocycles. The number of ether oxygens (including phenoxy) is 1. The Bertz CT molecular complexity index is 1370. The molecule has 0 amide bonds. The maximum atomic E-state index is 13.7. The molecular formula is C24H21N3O2S2. The van der Waals surface area contributed by atoms with Crippen LogP contribution in [0.1, 0.15) is 28.5 Å². The first-order chi connectivity index (χ1) is 15.1. The normalized spacial score (nSPS) is 10.9. The second-order valence-electron chi connectivity index (χ2n) is 6.98. The third kappa shape index (κ3) is 3.97. The van der Waals surface area contributed by atoms with Gasteiger partial charge in [-0.3, -0.25) is 9.36 Å². The SMILES string of the molecule is CCc1sc2nc(SCc3ccccc3C#N)n(-c3cccc(OC)c3)c(=O)c2c1C. The van der Waals surface area contributed by atoms with Crippen molar-refractivity contribution in [3.63, 3.8) is 0 Å². The number of aryl methyl sites for hydroxylation is 2. The molecule has 156 valence electrons. The van der Waals surface area contributed by atoms with E-state index < -0.39 is 0 Å². The van der Waals surface area contributed by atoms with Crippen molar-refractivity contribution < 1.29 is 4.74 Å². The minimum Gasteiger partial charge on any atom is -0.497 e. The predicted octanol–water partition coefficient (Wildman–Crippen LogP) is 5.49. The summed E-state index contributed by atoms with van der Waals surface area (Å²) in [6, 6.07) is 17.2. The van der Waals surface area contributed by atoms with E-state index in [4.69, 9.17) is 9.72 Å². The van der Waals surface area contributed by atoms with Crippen LogP contribution in [0.25, 0.3) is 15.9 Å². The highest BCUT2D eigenvalue weighted by molar-refractivity contribution is 7.98. The summed E-state index contributed by atoms with van der Waals surface area (Å²) in [5.41, 5.74) is 3.17. The molecule has 0 fully saturated rings. The van der Waals surface area contributed by atoms with E-state index in [9.17, 15) is 10.1 Å². The Labute approximate surface area is 188 Å². The number of thioether (sulfide) groups is 1. The second kappa shape index (κ2) is 8.96. The molecule has 4 rings (SSSR count). The highest BCUT2D eigenvalue weighted by Gasteiger charge is 2.19. The lowest BCUT2D eigenvalue weighted by Gasteiger charge is -2.13. The molecule has 0 atom stereocenters. The van der Waals surface area contributed by atoms with Crippen LogP contribution >= 0.6 is 23.1 Å². The van der Waals surface area contributed by atoms with Crippen LogP contribution in [0.3, 0.4) is 0 Å². The number of rotatable bonds is 6. The number of thiophene rings is 1. The van der Waals surface area contributed by atoms with Gasteiger partial charge < -0.3 is 4.74 Å². The molecule has 5 nitrogen and oxygen atoms in total. The standard InChI is InChI=1S/C24H21N3O2S2/c1-4-20-15(2)21-22(31-20)26-24(30-14-17-9-6-5-8-16(17)13-25)27(23(21)28)18-10-7-11-19(12-18)29-3/h5-12H,4,14H2,1-3H3. The van der Waals surface area contributed by atoms with Gasteiger partial charge in [0, 0.05) is 16.7 Å². The van der Waals surface area contributed by atoms with Gasteiger partial charge in [-0.15, -0.1) is 11.3 Å². The first kappa shape index (κ1) is 21.2. The van der Waals surface area contributed by atoms with Crippen LogP contribution in [0.15, 0.2) is 58.5 Å². The van der Waals surface area contributed by atoms with Crippen molar-refractivity contribution in [3.8, 4) is 17.5 Å². The van der Waals surface area contributed by atoms with Crippen LogP contribution in [0.5, 0.6) is 5.75 Å². The van der Waals surface area contributed by atoms with Gasteiger partial charge >= 0.3 is 0 Å². The van der Waals surface area contributed by atoms with Gasteiger partial charge in [0.2, 0.25) is 0 Å². The van der Waals surface area contributed by atoms with Crippen LogP contribution in [-0.2, 0) is 12.2 Å². The van der Waals surface area contributed by atoms with E-state index in [1.165, 1.54) is 16.6 Å². The number of aromatic nitrogens is 2. The van der Waals surface area contributed by atoms with Gasteiger partial charge in [-0.2, -0.15) is 5.26 Å². The Morgan fingerprint density at radius 1 is 1.23 bits per heavy atom. The number of hydrogen-bond acceptors (Lipinski definition) is 6. The van der Waals surface area contributed by atoms with Gasteiger partial charge in [0.25, 0.3) is 5.56 Å². The highest BCUT2D eigenvalue weighted by Crippen LogP contribution is 2.32. The molecule has 0 bridgehead atoms. The summed E-state index contributed by atoms with van der Waals surface area (Å²) in [4.78, 5) is 20.5. The number of hydrogen-bond donors (Lipinski definition) is 0. The van der Waals surface area contributed by atoms with E-state index in [0.29, 0.717) is 33.3 Å². The molecule has 0 aliphatic heterocycles. The maximum absolute atomic E-state index is 13.7. The van der Waals surface area contributed by atoms with Gasteiger partial charge in [-0.1, -0.05) is 43.0 Å². The van der Waals surface area contributed by atoms with Crippen molar-refractivity contribution >= 4 is 33.3 Å². The Hall–Kier alpha value is -3.08. The molecular weight excluding hydrogens is 426 g/mol. The Morgan fingerprint density at radius 3 is 2.77 bits per heavy atom. The van der Waals surface area contributed by atoms with Crippen molar-refractivity contribution in [2.45, 2.75) is 31.2 Å². The number of nitriles is 1. The van der Waals surface area contributed by atoms with Crippen LogP contribution < -0.4 is 10.3 Å². The summed E-state index contributed by atoms with van der Waals surface area (Å²) < 4.78 is 7.03. The quantitative estimate of drug-likeness (QED) is 0.289. The first-order valence-electron chi connectivity index (χ1n) is 9.87. The van der Waals surface area contributed by atoms with Crippen LogP contribution in [0.2, 0.25) is 0 Å². The topological polar surface area (TPSA) is 67.9 Å². The number of nitrogens with zero attached hydrogens (tertiary/aromatic N) is 3. The number of methoxy groups -OCH3 is 1. The molecule has 0 spiro atoms. The summed E-state index contributed by atoms with van der Waals surface area (Å²) in [5.74, 6) is 1.21. The fraction of sp³-hybridized carbons (Fsp3) is 0.208. The molecule has 7 heteroatoms. The smallest absolute Gasteiger partial charge is 0.267 e. The van der Waals surface area contributed by atoms with E-state index in [1.807, 2.05) is 49.4 Å². The second-order valence-corrected chi connectivity index (χ2v) is 9.00. The average molecular weight is 448 g/mol. The molecule has 2 heterocycles. The molecule has 0 radical (unpaired) electrons. The lowest BCUT2D eigenvalue weighted by Crippen LogP contribution is -2.21. The zero-order valence-electron chi connectivity index (χ0n) is 17.5. The zero-order valence-corrected chi connectivity index (χ0v) is 19.1. The van der Waals surface area contributed by atoms with Crippen molar-refractivity contribution in [1.29, 1.82) is 5.26 Å². The monoisotopic (exact) mass is 447 g/mol. The third-order valence-corrected chi connectivity index (χ3v) is 7.48. The molecule has 2 aromatic heterocycles. The molecule has 4 aromatic rings. The largest absolute Gasteiger partial charge is 0.497 e. The van der Waals surface area contributed by atoms with E-state index in [-0.39, 0.29) is 5.56 Å². The highest BCUT2D eigenvalue weighted by atomic mass is 32.2. The average Bonchev–Trinajstić information content (AvgIpc) is 3.13. The summed E-state index contributed by atoms with van der Waals surface area (Å²) >= 11 is 3.03. The Kier molecular flexibility index (Phi) is 6.12. The molecule has 0 N–H and O–H groups in total. The lowest BCUT2D eigenvalue weighted by molar-refractivity contribution is 0.414. The molecule has 0 unspecified atom stereocenters. The minimum absolute atomic E-state index is 0.0808. The van der Waals surface area contributed by atoms with Crippen molar-refractivity contribution in [2.24, 2.45) is 0 Å². The van der Waals surface area contributed by atoms with Crippen LogP contribution in [-0.4, -0.2) is 16.7 Å². The van der Waals surface area contributed by atoms with Crippen molar-refractivity contribution in [2.75, 3.05) is 7.11 Å². The summed E-state index contributed by atoms with van der Waals surface area (Å²) in [7, 11) is 1.61. The fourth-order valence-corrected chi connectivity index (χ4v) is 5.69. The molecule has 31 heavy (non-hydrogen) atoms. The van der Waals surface area contributed by atoms with Gasteiger partial charge in [0.15, 0.2) is 5.16 Å². The summed E-state index contributed by atoms with van der Waals surface area (Å²) in [6.45, 7) is 4.08. The number of benzene rings is 2. The molecule has 0 saturated heterocycles. The number of fused-ring (bicyclic) bond motifs is 1. The van der Waals surface area contributed by atoms with E-state index >= 15 is 0 Å². The third-order valence-electron chi connectivity index (χ3n) is 5.16. The Morgan fingerprint density at radius 2 is 2.03 bits per heavy atom. The van der Waals surface area contributed by atoms with Crippen LogP contribution in [0.4, 0.5) is 0 Å². The van der Waals surface area contributed by atoms with E-state index in [1.54, 1.807) is 29.1 Å². The van der Waals surface area contributed by atoms with E-state index in [0.717, 1.165) is 22.4 Å². The lowest BCUT2D eigenvalue weighted by atomic mass is 10.1. The van der Waals surface area contributed by atoms with Gasteiger partial charge in [-0.25, -0.2) is 4.98 Å². The van der Waals surface area contributed by atoms with Gasteiger partial charge in [-0.05, 0) is 42.7 Å². The fourth-order valence-electron chi connectivity index (χ4n) is 3.52. The van der Waals surface area contributed by atoms with Gasteiger partial charge in [0.1, 0.15) is 10.6 Å². The minimum atomic E-state index is -0.0808. The molecule has 0 saturated carbocycles. The Balaban J connectivity index is 1.90. The summed E-state index contributed by atoms with van der Waals surface area (Å²) in [6.07, 6.45) is 0.865. The van der Waals surface area contributed by atoms with Crippen molar-refractivity contribution in [3.05, 3.63) is 80.5 Å². The summed E-state index contributed by atoms with van der Waals surface area (Å²) in [5, 5.41) is 10.7. The van der Waals surface area contributed by atoms with Crippen LogP contribution in [0, 0.1) is 18.3 Å². The van der Waals surface area contributed by atoms with Crippen molar-refractivity contribution in [1.82, 2.24) is 9.55 Å². The maximum Gasteiger partial charge on any atom is 0.267 e.